The molecule has 13 heteroatoms. The van der Waals surface area contributed by atoms with E-state index in [-0.39, 0.29) is 9.20 Å². The van der Waals surface area contributed by atoms with E-state index in [1.807, 2.05) is 25.1 Å². The Bertz CT molecular complexity index is 1580. The highest BCUT2D eigenvalue weighted by Crippen LogP contribution is 2.35. The number of nitrogens with one attached hydrogen (secondary N) is 1. The molecule has 4 rings (SSSR count). The molecule has 0 aliphatic heterocycles. The average Bonchev–Trinajstić information content (AvgIpc) is 3.21. The summed E-state index contributed by atoms with van der Waals surface area (Å²) in [7, 11) is 0.00335. The Kier molecular flexibility index (Phi) is 6.90. The predicted molar refractivity (Wildman–Crippen MR) is 136 cm³/mol. The Morgan fingerprint density at radius 2 is 1.73 bits per heavy atom. The average molecular weight is 527 g/mol. The number of hydrogen-bond donors (Lipinski definition) is 2. The van der Waals surface area contributed by atoms with Crippen molar-refractivity contribution in [1.82, 2.24) is 23.9 Å². The van der Waals surface area contributed by atoms with Crippen molar-refractivity contribution in [2.24, 2.45) is 0 Å². The number of rotatable bonds is 8. The van der Waals surface area contributed by atoms with Crippen molar-refractivity contribution in [2.75, 3.05) is 26.6 Å². The van der Waals surface area contributed by atoms with Gasteiger partial charge < -0.3 is 19.9 Å². The highest BCUT2D eigenvalue weighted by Gasteiger charge is 2.25. The molecule has 0 bridgehead atoms. The molecule has 2 N–H and O–H groups in total. The molecule has 0 atom stereocenters. The van der Waals surface area contributed by atoms with Crippen molar-refractivity contribution in [3.8, 4) is 22.6 Å². The molecule has 0 saturated heterocycles. The zero-order valence-corrected chi connectivity index (χ0v) is 21.7. The second kappa shape index (κ2) is 9.93. The van der Waals surface area contributed by atoms with Crippen molar-refractivity contribution in [3.63, 3.8) is 0 Å². The Hall–Kier alpha value is -4.39. The summed E-state index contributed by atoms with van der Waals surface area (Å²) in [4.78, 5) is 20.0. The number of carbonyl (C=O) groups is 1. The van der Waals surface area contributed by atoms with Crippen LogP contribution in [0.25, 0.3) is 16.8 Å². The molecular weight excluding hydrogens is 500 g/mol. The SMILES string of the molecule is COc1ccc(-c2c(C)nn3c(NCc4ccc(S(=O)(=O)N(C)C(=O)O)cc4)nc(C)nc23)cc1OC. The molecule has 2 aromatic heterocycles. The van der Waals surface area contributed by atoms with E-state index >= 15 is 0 Å². The first-order valence-corrected chi connectivity index (χ1v) is 12.5. The smallest absolute Gasteiger partial charge is 0.421 e. The molecule has 0 saturated carbocycles. The minimum absolute atomic E-state index is 0.122. The first kappa shape index (κ1) is 25.7. The number of carboxylic acid groups (broad SMARTS) is 1. The maximum Gasteiger partial charge on any atom is 0.421 e. The van der Waals surface area contributed by atoms with Crippen molar-refractivity contribution in [3.05, 3.63) is 59.5 Å². The van der Waals surface area contributed by atoms with Gasteiger partial charge in [0.05, 0.1) is 24.8 Å². The molecular formula is C24H26N6O6S. The Balaban J connectivity index is 1.64. The zero-order valence-electron chi connectivity index (χ0n) is 20.9. The van der Waals surface area contributed by atoms with E-state index in [4.69, 9.17) is 14.6 Å². The number of nitrogens with zero attached hydrogens (tertiary/aromatic N) is 5. The van der Waals surface area contributed by atoms with Crippen LogP contribution in [0.1, 0.15) is 17.1 Å². The number of fused-ring (bicyclic) bond motifs is 1. The minimum atomic E-state index is -4.13. The molecule has 0 aliphatic rings. The second-order valence-corrected chi connectivity index (χ2v) is 10.1. The number of hydrogen-bond acceptors (Lipinski definition) is 9. The van der Waals surface area contributed by atoms with Gasteiger partial charge in [-0.05, 0) is 49.2 Å². The standard InChI is InChI=1S/C24H26N6O6S/c1-14-21(17-8-11-19(35-4)20(12-17)36-5)22-26-15(2)27-23(30(22)28-14)25-13-16-6-9-18(10-7-16)37(33,34)29(3)24(31)32/h6-12H,13H2,1-5H3,(H,31,32)(H,25,26,27). The molecule has 2 heterocycles. The third-order valence-corrected chi connectivity index (χ3v) is 7.49. The van der Waals surface area contributed by atoms with Crippen LogP contribution in [-0.4, -0.2) is 64.8 Å². The summed E-state index contributed by atoms with van der Waals surface area (Å²) in [6.45, 7) is 3.98. The number of sulfonamides is 1. The normalized spacial score (nSPS) is 11.4. The van der Waals surface area contributed by atoms with Gasteiger partial charge in [-0.1, -0.05) is 18.2 Å². The fourth-order valence-corrected chi connectivity index (χ4v) is 4.81. The third-order valence-electron chi connectivity index (χ3n) is 5.75. The van der Waals surface area contributed by atoms with Gasteiger partial charge in [-0.15, -0.1) is 0 Å². The summed E-state index contributed by atoms with van der Waals surface area (Å²) in [5, 5.41) is 16.9. The molecule has 194 valence electrons. The van der Waals surface area contributed by atoms with Crippen LogP contribution in [0.3, 0.4) is 0 Å². The van der Waals surface area contributed by atoms with Crippen LogP contribution >= 0.6 is 0 Å². The zero-order chi connectivity index (χ0) is 26.9. The van der Waals surface area contributed by atoms with Crippen molar-refractivity contribution < 1.29 is 27.8 Å². The van der Waals surface area contributed by atoms with E-state index in [1.165, 1.54) is 12.1 Å². The number of amides is 1. The van der Waals surface area contributed by atoms with Crippen LogP contribution < -0.4 is 14.8 Å². The topological polar surface area (TPSA) is 148 Å². The summed E-state index contributed by atoms with van der Waals surface area (Å²) in [6.07, 6.45) is -1.56. The monoisotopic (exact) mass is 526 g/mol. The number of methoxy groups -OCH3 is 2. The van der Waals surface area contributed by atoms with Crippen LogP contribution in [0, 0.1) is 13.8 Å². The number of ether oxygens (including phenoxy) is 2. The summed E-state index contributed by atoms with van der Waals surface area (Å²) in [5.74, 6) is 2.19. The Labute approximate surface area is 213 Å². The summed E-state index contributed by atoms with van der Waals surface area (Å²) in [6, 6.07) is 11.5. The van der Waals surface area contributed by atoms with E-state index in [1.54, 1.807) is 37.8 Å². The predicted octanol–water partition coefficient (Wildman–Crippen LogP) is 3.34. The van der Waals surface area contributed by atoms with Crippen molar-refractivity contribution >= 4 is 27.7 Å². The molecule has 0 aliphatic carbocycles. The molecule has 0 radical (unpaired) electrons. The lowest BCUT2D eigenvalue weighted by atomic mass is 10.1. The maximum absolute atomic E-state index is 12.4. The summed E-state index contributed by atoms with van der Waals surface area (Å²) < 4.78 is 37.4. The van der Waals surface area contributed by atoms with E-state index in [0.717, 1.165) is 29.4 Å². The molecule has 37 heavy (non-hydrogen) atoms. The molecule has 0 unspecified atom stereocenters. The molecule has 0 fully saturated rings. The molecule has 4 aromatic rings. The minimum Gasteiger partial charge on any atom is -0.493 e. The Morgan fingerprint density at radius 1 is 1.05 bits per heavy atom. The number of benzene rings is 2. The van der Waals surface area contributed by atoms with Crippen LogP contribution in [0.15, 0.2) is 47.4 Å². The first-order valence-electron chi connectivity index (χ1n) is 11.1. The quantitative estimate of drug-likeness (QED) is 0.350. The molecule has 1 amide bonds. The molecule has 2 aromatic carbocycles. The number of anilines is 1. The van der Waals surface area contributed by atoms with Gasteiger partial charge in [-0.2, -0.15) is 14.6 Å². The lowest BCUT2D eigenvalue weighted by molar-refractivity contribution is 0.178. The molecule has 12 nitrogen and oxygen atoms in total. The summed E-state index contributed by atoms with van der Waals surface area (Å²) in [5.41, 5.74) is 3.79. The van der Waals surface area contributed by atoms with E-state index in [9.17, 15) is 13.2 Å². The van der Waals surface area contributed by atoms with E-state index < -0.39 is 16.1 Å². The maximum atomic E-state index is 12.4. The van der Waals surface area contributed by atoms with Gasteiger partial charge in [0.1, 0.15) is 5.82 Å². The van der Waals surface area contributed by atoms with E-state index in [0.29, 0.717) is 35.5 Å². The van der Waals surface area contributed by atoms with Gasteiger partial charge >= 0.3 is 6.09 Å². The van der Waals surface area contributed by atoms with Gasteiger partial charge in [0.25, 0.3) is 10.0 Å². The van der Waals surface area contributed by atoms with Crippen LogP contribution in [0.2, 0.25) is 0 Å². The third kappa shape index (κ3) is 4.85. The van der Waals surface area contributed by atoms with Crippen LogP contribution in [0.4, 0.5) is 10.7 Å². The second-order valence-electron chi connectivity index (χ2n) is 8.11. The van der Waals surface area contributed by atoms with Gasteiger partial charge in [0, 0.05) is 19.2 Å². The van der Waals surface area contributed by atoms with Crippen molar-refractivity contribution in [2.45, 2.75) is 25.3 Å². The van der Waals surface area contributed by atoms with Crippen LogP contribution in [0.5, 0.6) is 11.5 Å². The lowest BCUT2D eigenvalue weighted by Crippen LogP contribution is -2.31. The van der Waals surface area contributed by atoms with Gasteiger partial charge in [-0.25, -0.2) is 22.5 Å². The highest BCUT2D eigenvalue weighted by atomic mass is 32.2. The van der Waals surface area contributed by atoms with Crippen LogP contribution in [-0.2, 0) is 16.6 Å². The van der Waals surface area contributed by atoms with Crippen molar-refractivity contribution in [1.29, 1.82) is 0 Å². The molecule has 0 spiro atoms. The number of aromatic nitrogens is 4. The lowest BCUT2D eigenvalue weighted by Gasteiger charge is -2.14. The number of aryl methyl sites for hydroxylation is 2. The fraction of sp³-hybridized carbons (Fsp3) is 0.250. The Morgan fingerprint density at radius 3 is 2.35 bits per heavy atom. The first-order chi connectivity index (χ1) is 17.6. The highest BCUT2D eigenvalue weighted by molar-refractivity contribution is 7.89. The fourth-order valence-electron chi connectivity index (χ4n) is 3.81. The summed E-state index contributed by atoms with van der Waals surface area (Å²) >= 11 is 0. The largest absolute Gasteiger partial charge is 0.493 e. The van der Waals surface area contributed by atoms with E-state index in [2.05, 4.69) is 20.4 Å². The van der Waals surface area contributed by atoms with Gasteiger partial charge in [-0.3, -0.25) is 0 Å². The van der Waals surface area contributed by atoms with Gasteiger partial charge in [0.2, 0.25) is 5.95 Å². The van der Waals surface area contributed by atoms with Gasteiger partial charge in [0.15, 0.2) is 17.1 Å².